The molecular formula is C31H21BrN4O8. The quantitative estimate of drug-likeness (QED) is 0.0578. The predicted molar refractivity (Wildman–Crippen MR) is 164 cm³/mol. The maximum absolute atomic E-state index is 12.8. The zero-order valence-electron chi connectivity index (χ0n) is 22.6. The lowest BCUT2D eigenvalue weighted by molar-refractivity contribution is -0.384. The monoisotopic (exact) mass is 656 g/mol. The van der Waals surface area contributed by atoms with Crippen LogP contribution in [0.25, 0.3) is 6.08 Å². The van der Waals surface area contributed by atoms with E-state index in [1.54, 1.807) is 54.6 Å². The lowest BCUT2D eigenvalue weighted by Crippen LogP contribution is -2.18. The molecular weight excluding hydrogens is 636 g/mol. The molecule has 1 aliphatic heterocycles. The number of nitro groups is 1. The van der Waals surface area contributed by atoms with Crippen molar-refractivity contribution in [3.8, 4) is 17.2 Å². The Morgan fingerprint density at radius 2 is 1.68 bits per heavy atom. The highest BCUT2D eigenvalue weighted by molar-refractivity contribution is 9.10. The lowest BCUT2D eigenvalue weighted by atomic mass is 10.1. The summed E-state index contributed by atoms with van der Waals surface area (Å²) < 4.78 is 16.7. The van der Waals surface area contributed by atoms with Crippen molar-refractivity contribution in [1.29, 1.82) is 0 Å². The second kappa shape index (κ2) is 13.4. The smallest absolute Gasteiger partial charge is 0.336 e. The normalized spacial score (nSPS) is 11.8. The summed E-state index contributed by atoms with van der Waals surface area (Å²) in [6, 6.07) is 21.7. The first kappa shape index (κ1) is 29.7. The van der Waals surface area contributed by atoms with E-state index in [0.717, 1.165) is 0 Å². The number of non-ortho nitro benzene ring substituents is 1. The highest BCUT2D eigenvalue weighted by atomic mass is 79.9. The molecule has 44 heavy (non-hydrogen) atoms. The van der Waals surface area contributed by atoms with Crippen molar-refractivity contribution < 1.29 is 33.5 Å². The fourth-order valence-corrected chi connectivity index (χ4v) is 4.31. The number of esters is 1. The van der Waals surface area contributed by atoms with E-state index in [1.807, 2.05) is 0 Å². The van der Waals surface area contributed by atoms with Crippen LogP contribution in [0.2, 0.25) is 0 Å². The van der Waals surface area contributed by atoms with Crippen molar-refractivity contribution in [3.63, 3.8) is 0 Å². The van der Waals surface area contributed by atoms with Gasteiger partial charge < -0.3 is 19.5 Å². The molecule has 0 unspecified atom stereocenters. The molecule has 1 heterocycles. The van der Waals surface area contributed by atoms with Gasteiger partial charge in [-0.1, -0.05) is 22.0 Å². The maximum Gasteiger partial charge on any atom is 0.336 e. The zero-order chi connectivity index (χ0) is 31.1. The highest BCUT2D eigenvalue weighted by Gasteiger charge is 2.17. The molecule has 0 saturated carbocycles. The number of carbonyl (C=O) groups is 3. The Hall–Kier alpha value is -5.82. The number of hydrazone groups is 1. The standard InChI is InChI=1S/C31H21BrN4O8/c32-23-8-12-26(44-29(37)13-6-19-4-9-25(10-5-19)36(40)41)22(14-23)17-33-35-31(39)20-2-1-3-24(15-20)34-30(38)21-7-11-27-28(16-21)43-18-42-27/h1-17H,18H2,(H,34,38)(H,35,39)/b13-6+,33-17?. The molecule has 0 aliphatic carbocycles. The van der Waals surface area contributed by atoms with Crippen LogP contribution in [0.1, 0.15) is 31.8 Å². The number of carbonyl (C=O) groups excluding carboxylic acids is 3. The molecule has 220 valence electrons. The van der Waals surface area contributed by atoms with Crippen molar-refractivity contribution in [2.24, 2.45) is 5.10 Å². The molecule has 0 aromatic heterocycles. The molecule has 2 amide bonds. The number of amides is 2. The summed E-state index contributed by atoms with van der Waals surface area (Å²) in [6.07, 6.45) is 3.96. The van der Waals surface area contributed by atoms with Gasteiger partial charge in [0.25, 0.3) is 17.5 Å². The molecule has 1 aliphatic rings. The van der Waals surface area contributed by atoms with Crippen LogP contribution in [0.3, 0.4) is 0 Å². The molecule has 2 N–H and O–H groups in total. The Labute approximate surface area is 258 Å². The van der Waals surface area contributed by atoms with Gasteiger partial charge in [-0.15, -0.1) is 0 Å². The first-order chi connectivity index (χ1) is 21.2. The third-order valence-electron chi connectivity index (χ3n) is 6.09. The Morgan fingerprint density at radius 3 is 2.48 bits per heavy atom. The molecule has 12 nitrogen and oxygen atoms in total. The summed E-state index contributed by atoms with van der Waals surface area (Å²) in [5.41, 5.74) is 4.31. The molecule has 0 radical (unpaired) electrons. The van der Waals surface area contributed by atoms with E-state index in [-0.39, 0.29) is 23.8 Å². The van der Waals surface area contributed by atoms with Crippen LogP contribution in [-0.4, -0.2) is 35.7 Å². The number of anilines is 1. The van der Waals surface area contributed by atoms with Gasteiger partial charge in [0.1, 0.15) is 5.75 Å². The van der Waals surface area contributed by atoms with Crippen LogP contribution in [0.5, 0.6) is 17.2 Å². The van der Waals surface area contributed by atoms with Crippen molar-refractivity contribution in [1.82, 2.24) is 5.43 Å². The van der Waals surface area contributed by atoms with Gasteiger partial charge in [0, 0.05) is 45.1 Å². The number of benzene rings is 4. The largest absolute Gasteiger partial charge is 0.454 e. The van der Waals surface area contributed by atoms with Gasteiger partial charge >= 0.3 is 5.97 Å². The van der Waals surface area contributed by atoms with Gasteiger partial charge in [-0.3, -0.25) is 19.7 Å². The van der Waals surface area contributed by atoms with E-state index in [2.05, 4.69) is 31.8 Å². The maximum atomic E-state index is 12.8. The van der Waals surface area contributed by atoms with Crippen LogP contribution >= 0.6 is 15.9 Å². The second-order valence-electron chi connectivity index (χ2n) is 9.09. The predicted octanol–water partition coefficient (Wildman–Crippen LogP) is 5.72. The summed E-state index contributed by atoms with van der Waals surface area (Å²) >= 11 is 3.36. The van der Waals surface area contributed by atoms with Gasteiger partial charge in [-0.2, -0.15) is 5.10 Å². The summed E-state index contributed by atoms with van der Waals surface area (Å²) in [5.74, 6) is -0.406. The lowest BCUT2D eigenvalue weighted by Gasteiger charge is -2.08. The average molecular weight is 657 g/mol. The van der Waals surface area contributed by atoms with Crippen LogP contribution in [-0.2, 0) is 4.79 Å². The number of halogens is 1. The fraction of sp³-hybridized carbons (Fsp3) is 0.0323. The minimum absolute atomic E-state index is 0.0623. The molecule has 5 rings (SSSR count). The zero-order valence-corrected chi connectivity index (χ0v) is 24.1. The Balaban J connectivity index is 1.20. The van der Waals surface area contributed by atoms with Crippen LogP contribution < -0.4 is 25.0 Å². The van der Waals surface area contributed by atoms with E-state index in [4.69, 9.17) is 14.2 Å². The summed E-state index contributed by atoms with van der Waals surface area (Å²) in [4.78, 5) is 48.2. The molecule has 4 aromatic rings. The van der Waals surface area contributed by atoms with Gasteiger partial charge in [-0.25, -0.2) is 10.2 Å². The molecule has 0 bridgehead atoms. The highest BCUT2D eigenvalue weighted by Crippen LogP contribution is 2.32. The van der Waals surface area contributed by atoms with Crippen LogP contribution in [0.4, 0.5) is 11.4 Å². The minimum atomic E-state index is -0.691. The number of fused-ring (bicyclic) bond motifs is 1. The summed E-state index contributed by atoms with van der Waals surface area (Å²) in [7, 11) is 0. The second-order valence-corrected chi connectivity index (χ2v) is 10.0. The van der Waals surface area contributed by atoms with Gasteiger partial charge in [0.05, 0.1) is 11.1 Å². The third-order valence-corrected chi connectivity index (χ3v) is 6.58. The summed E-state index contributed by atoms with van der Waals surface area (Å²) in [6.45, 7) is 0.0948. The van der Waals surface area contributed by atoms with Gasteiger partial charge in [0.15, 0.2) is 11.5 Å². The number of ether oxygens (including phenoxy) is 3. The van der Waals surface area contributed by atoms with Crippen LogP contribution in [0, 0.1) is 10.1 Å². The molecule has 4 aromatic carbocycles. The molecule has 13 heteroatoms. The molecule has 0 atom stereocenters. The Bertz CT molecular complexity index is 1820. The Morgan fingerprint density at radius 1 is 0.909 bits per heavy atom. The van der Waals surface area contributed by atoms with Gasteiger partial charge in [-0.05, 0) is 78.4 Å². The Kier molecular flexibility index (Phi) is 9.06. The van der Waals surface area contributed by atoms with E-state index in [0.29, 0.717) is 38.3 Å². The third kappa shape index (κ3) is 7.52. The van der Waals surface area contributed by atoms with Crippen LogP contribution in [0.15, 0.2) is 101 Å². The first-order valence-corrected chi connectivity index (χ1v) is 13.6. The SMILES string of the molecule is O=C(/C=C/c1ccc([N+](=O)[O-])cc1)Oc1ccc(Br)cc1C=NNC(=O)c1cccc(NC(=O)c2ccc3c(c2)OCO3)c1. The van der Waals surface area contributed by atoms with Crippen molar-refractivity contribution >= 4 is 57.4 Å². The number of nitrogens with one attached hydrogen (secondary N) is 2. The number of rotatable bonds is 9. The number of hydrogen-bond donors (Lipinski definition) is 2. The van der Waals surface area contributed by atoms with Crippen molar-refractivity contribution in [2.45, 2.75) is 0 Å². The first-order valence-electron chi connectivity index (χ1n) is 12.8. The van der Waals surface area contributed by atoms with Gasteiger partial charge in [0.2, 0.25) is 6.79 Å². The molecule has 0 spiro atoms. The fourth-order valence-electron chi connectivity index (χ4n) is 3.93. The summed E-state index contributed by atoms with van der Waals surface area (Å²) in [5, 5.41) is 17.5. The number of nitro benzene ring substituents is 1. The van der Waals surface area contributed by atoms with E-state index in [1.165, 1.54) is 48.7 Å². The average Bonchev–Trinajstić information content (AvgIpc) is 3.50. The topological polar surface area (TPSA) is 158 Å². The van der Waals surface area contributed by atoms with Crippen molar-refractivity contribution in [3.05, 3.63) is 128 Å². The van der Waals surface area contributed by atoms with Crippen molar-refractivity contribution in [2.75, 3.05) is 12.1 Å². The van der Waals surface area contributed by atoms with E-state index in [9.17, 15) is 24.5 Å². The minimum Gasteiger partial charge on any atom is -0.454 e. The van der Waals surface area contributed by atoms with E-state index < -0.39 is 22.7 Å². The van der Waals surface area contributed by atoms with E-state index >= 15 is 0 Å². The molecule has 0 saturated heterocycles. The number of nitrogens with zero attached hydrogens (tertiary/aromatic N) is 2. The number of hydrogen-bond acceptors (Lipinski definition) is 9. The molecule has 0 fully saturated rings.